The number of allylic oxidation sites excluding steroid dienone is 1. The normalized spacial score (nSPS) is 9.70. The Labute approximate surface area is 58.4 Å². The number of rotatable bonds is 3. The first-order chi connectivity index (χ1) is 4.72. The molecule has 2 N–H and O–H groups in total. The molecule has 0 aromatic carbocycles. The zero-order valence-electron chi connectivity index (χ0n) is 5.65. The first-order valence-electron chi connectivity index (χ1n) is 2.73. The van der Waals surface area contributed by atoms with Crippen LogP contribution in [0.2, 0.25) is 0 Å². The zero-order valence-corrected chi connectivity index (χ0v) is 5.65. The van der Waals surface area contributed by atoms with Crippen LogP contribution in [0, 0.1) is 4.91 Å². The van der Waals surface area contributed by atoms with Gasteiger partial charge in [-0.05, 0) is 6.92 Å². The highest BCUT2D eigenvalue weighted by molar-refractivity contribution is 5.71. The minimum atomic E-state index is -0.840. The average Bonchev–Trinajstić information content (AvgIpc) is 1.89. The lowest BCUT2D eigenvalue weighted by molar-refractivity contribution is 0.214. The highest BCUT2D eigenvalue weighted by Crippen LogP contribution is 1.87. The van der Waals surface area contributed by atoms with Crippen LogP contribution < -0.4 is 5.73 Å². The second kappa shape index (κ2) is 4.49. The SMILES string of the molecule is C/C=C\CN(N=O)C(N)=O. The van der Waals surface area contributed by atoms with Gasteiger partial charge >= 0.3 is 6.03 Å². The predicted molar refractivity (Wildman–Crippen MR) is 36.9 cm³/mol. The van der Waals surface area contributed by atoms with Gasteiger partial charge in [0.05, 0.1) is 11.8 Å². The van der Waals surface area contributed by atoms with Crippen LogP contribution in [0.4, 0.5) is 4.79 Å². The van der Waals surface area contributed by atoms with Crippen LogP contribution in [0.1, 0.15) is 6.92 Å². The Morgan fingerprint density at radius 2 is 2.40 bits per heavy atom. The Kier molecular flexibility index (Phi) is 3.86. The Bertz CT molecular complexity index is 155. The maximum Gasteiger partial charge on any atom is 0.338 e. The van der Waals surface area contributed by atoms with E-state index < -0.39 is 6.03 Å². The van der Waals surface area contributed by atoms with Gasteiger partial charge in [-0.2, -0.15) is 5.01 Å². The van der Waals surface area contributed by atoms with Gasteiger partial charge in [-0.25, -0.2) is 4.79 Å². The lowest BCUT2D eigenvalue weighted by Gasteiger charge is -2.04. The van der Waals surface area contributed by atoms with Gasteiger partial charge in [0.1, 0.15) is 0 Å². The third-order valence-corrected chi connectivity index (χ3v) is 0.867. The summed E-state index contributed by atoms with van der Waals surface area (Å²) >= 11 is 0. The average molecular weight is 143 g/mol. The van der Waals surface area contributed by atoms with E-state index in [9.17, 15) is 9.70 Å². The molecule has 0 atom stereocenters. The summed E-state index contributed by atoms with van der Waals surface area (Å²) in [6.07, 6.45) is 3.30. The molecule has 0 radical (unpaired) electrons. The van der Waals surface area contributed by atoms with E-state index in [1.807, 2.05) is 0 Å². The minimum absolute atomic E-state index is 0.134. The molecule has 0 heterocycles. The molecule has 56 valence electrons. The van der Waals surface area contributed by atoms with Gasteiger partial charge in [-0.3, -0.25) is 0 Å². The first kappa shape index (κ1) is 8.61. The number of urea groups is 1. The van der Waals surface area contributed by atoms with E-state index in [-0.39, 0.29) is 6.54 Å². The van der Waals surface area contributed by atoms with Crippen molar-refractivity contribution in [1.29, 1.82) is 0 Å². The fraction of sp³-hybridized carbons (Fsp3) is 0.400. The van der Waals surface area contributed by atoms with Crippen molar-refractivity contribution in [3.05, 3.63) is 17.1 Å². The molecule has 0 saturated heterocycles. The van der Waals surface area contributed by atoms with Crippen LogP contribution in [0.25, 0.3) is 0 Å². The van der Waals surface area contributed by atoms with Gasteiger partial charge in [0.15, 0.2) is 0 Å². The van der Waals surface area contributed by atoms with Crippen LogP contribution in [0.5, 0.6) is 0 Å². The molecule has 0 aliphatic heterocycles. The monoisotopic (exact) mass is 143 g/mol. The Morgan fingerprint density at radius 1 is 1.80 bits per heavy atom. The van der Waals surface area contributed by atoms with Gasteiger partial charge in [-0.1, -0.05) is 12.2 Å². The van der Waals surface area contributed by atoms with Gasteiger partial charge in [0.2, 0.25) is 0 Å². The van der Waals surface area contributed by atoms with Crippen LogP contribution in [0.3, 0.4) is 0 Å². The molecule has 0 aliphatic carbocycles. The molecule has 0 rings (SSSR count). The zero-order chi connectivity index (χ0) is 7.98. The molecule has 5 heteroatoms. The molecule has 0 spiro atoms. The van der Waals surface area contributed by atoms with Crippen LogP contribution in [-0.2, 0) is 0 Å². The predicted octanol–water partition coefficient (Wildman–Crippen LogP) is 0.625. The summed E-state index contributed by atoms with van der Waals surface area (Å²) < 4.78 is 0. The van der Waals surface area contributed by atoms with E-state index in [0.29, 0.717) is 5.01 Å². The van der Waals surface area contributed by atoms with Crippen molar-refractivity contribution < 1.29 is 4.79 Å². The fourth-order valence-electron chi connectivity index (χ4n) is 0.369. The second-order valence-corrected chi connectivity index (χ2v) is 1.57. The molecular weight excluding hydrogens is 134 g/mol. The summed E-state index contributed by atoms with van der Waals surface area (Å²) in [4.78, 5) is 20.1. The number of nitroso groups, excluding NO2 is 1. The standard InChI is InChI=1S/C5H9N3O2/c1-2-3-4-8(7-10)5(6)9/h2-3H,4H2,1H3,(H2,6,9)/b3-2-. The molecule has 0 aliphatic rings. The van der Waals surface area contributed by atoms with Crippen molar-refractivity contribution >= 4 is 6.03 Å². The number of nitrogens with zero attached hydrogens (tertiary/aromatic N) is 2. The first-order valence-corrected chi connectivity index (χ1v) is 2.73. The molecule has 10 heavy (non-hydrogen) atoms. The maximum absolute atomic E-state index is 10.3. The third-order valence-electron chi connectivity index (χ3n) is 0.867. The molecule has 0 aromatic heterocycles. The second-order valence-electron chi connectivity index (χ2n) is 1.57. The lowest BCUT2D eigenvalue weighted by Crippen LogP contribution is -2.30. The van der Waals surface area contributed by atoms with E-state index in [2.05, 4.69) is 5.29 Å². The van der Waals surface area contributed by atoms with Crippen molar-refractivity contribution in [3.8, 4) is 0 Å². The quantitative estimate of drug-likeness (QED) is 0.357. The molecule has 0 unspecified atom stereocenters. The van der Waals surface area contributed by atoms with Crippen molar-refractivity contribution in [1.82, 2.24) is 5.01 Å². The van der Waals surface area contributed by atoms with E-state index in [4.69, 9.17) is 5.73 Å². The molecule has 5 nitrogen and oxygen atoms in total. The topological polar surface area (TPSA) is 75.8 Å². The number of nitrogens with two attached hydrogens (primary N) is 1. The summed E-state index contributed by atoms with van der Waals surface area (Å²) in [6.45, 7) is 1.90. The summed E-state index contributed by atoms with van der Waals surface area (Å²) in [7, 11) is 0. The number of carbonyl (C=O) groups excluding carboxylic acids is 1. The molecule has 2 amide bonds. The Hall–Kier alpha value is -1.39. The van der Waals surface area contributed by atoms with E-state index in [1.54, 1.807) is 19.1 Å². The van der Waals surface area contributed by atoms with Crippen molar-refractivity contribution in [2.75, 3.05) is 6.54 Å². The van der Waals surface area contributed by atoms with E-state index >= 15 is 0 Å². The van der Waals surface area contributed by atoms with Crippen molar-refractivity contribution in [2.24, 2.45) is 11.0 Å². The molecule has 0 aromatic rings. The molecular formula is C5H9N3O2. The van der Waals surface area contributed by atoms with Crippen LogP contribution in [0.15, 0.2) is 17.4 Å². The van der Waals surface area contributed by atoms with Crippen molar-refractivity contribution in [2.45, 2.75) is 6.92 Å². The van der Waals surface area contributed by atoms with E-state index in [1.165, 1.54) is 0 Å². The highest BCUT2D eigenvalue weighted by atomic mass is 16.3. The Morgan fingerprint density at radius 3 is 2.70 bits per heavy atom. The lowest BCUT2D eigenvalue weighted by atomic mass is 10.5. The summed E-state index contributed by atoms with van der Waals surface area (Å²) in [5.74, 6) is 0. The van der Waals surface area contributed by atoms with Crippen molar-refractivity contribution in [3.63, 3.8) is 0 Å². The number of carbonyl (C=O) groups is 1. The number of primary amides is 1. The molecule has 0 fully saturated rings. The number of hydrogen-bond acceptors (Lipinski definition) is 3. The smallest absolute Gasteiger partial charge is 0.338 e. The van der Waals surface area contributed by atoms with E-state index in [0.717, 1.165) is 0 Å². The van der Waals surface area contributed by atoms with Gasteiger partial charge in [0.25, 0.3) is 0 Å². The highest BCUT2D eigenvalue weighted by Gasteiger charge is 2.04. The van der Waals surface area contributed by atoms with Gasteiger partial charge in [0, 0.05) is 0 Å². The summed E-state index contributed by atoms with van der Waals surface area (Å²) in [5.41, 5.74) is 4.75. The molecule has 0 bridgehead atoms. The van der Waals surface area contributed by atoms with Crippen LogP contribution in [-0.4, -0.2) is 17.6 Å². The van der Waals surface area contributed by atoms with Gasteiger partial charge < -0.3 is 5.73 Å². The maximum atomic E-state index is 10.3. The van der Waals surface area contributed by atoms with Crippen LogP contribution >= 0.6 is 0 Å². The Balaban J connectivity index is 3.83. The fourth-order valence-corrected chi connectivity index (χ4v) is 0.369. The third kappa shape index (κ3) is 2.81. The summed E-state index contributed by atoms with van der Waals surface area (Å²) in [5, 5.41) is 3.01. The summed E-state index contributed by atoms with van der Waals surface area (Å²) in [6, 6.07) is -0.840. The minimum Gasteiger partial charge on any atom is -0.350 e. The largest absolute Gasteiger partial charge is 0.350 e. The number of amides is 2. The van der Waals surface area contributed by atoms with Gasteiger partial charge in [-0.15, -0.1) is 4.91 Å². The molecule has 0 saturated carbocycles. The number of hydrogen-bond donors (Lipinski definition) is 1.